The zero-order valence-corrected chi connectivity index (χ0v) is 17.0. The highest BCUT2D eigenvalue weighted by molar-refractivity contribution is 6.42. The van der Waals surface area contributed by atoms with Crippen LogP contribution in [0.3, 0.4) is 0 Å². The zero-order valence-electron chi connectivity index (χ0n) is 15.5. The van der Waals surface area contributed by atoms with Gasteiger partial charge >= 0.3 is 0 Å². The summed E-state index contributed by atoms with van der Waals surface area (Å²) in [5.41, 5.74) is 3.82. The summed E-state index contributed by atoms with van der Waals surface area (Å²) < 4.78 is 1.63. The summed E-state index contributed by atoms with van der Waals surface area (Å²) in [6.07, 6.45) is 2.03. The minimum absolute atomic E-state index is 0.0968. The van der Waals surface area contributed by atoms with Crippen LogP contribution in [0.25, 0.3) is 28.0 Å². The van der Waals surface area contributed by atoms with Crippen molar-refractivity contribution >= 4 is 28.8 Å². The molecule has 4 aromatic rings. The van der Waals surface area contributed by atoms with Gasteiger partial charge in [-0.05, 0) is 48.7 Å². The van der Waals surface area contributed by atoms with Gasteiger partial charge in [-0.1, -0.05) is 29.3 Å². The second-order valence-corrected chi connectivity index (χ2v) is 8.10. The van der Waals surface area contributed by atoms with E-state index in [1.807, 2.05) is 12.1 Å². The Morgan fingerprint density at radius 3 is 2.60 bits per heavy atom. The molecule has 1 saturated carbocycles. The molecule has 0 atom stereocenters. The highest BCUT2D eigenvalue weighted by atomic mass is 35.5. The number of fused-ring (bicyclic) bond motifs is 1. The van der Waals surface area contributed by atoms with Crippen molar-refractivity contribution < 1.29 is 5.11 Å². The largest absolute Gasteiger partial charge is 0.507 e. The van der Waals surface area contributed by atoms with Gasteiger partial charge < -0.3 is 10.1 Å². The van der Waals surface area contributed by atoms with E-state index in [1.165, 1.54) is 12.1 Å². The maximum atomic E-state index is 12.5. The Morgan fingerprint density at radius 2 is 1.93 bits per heavy atom. The lowest BCUT2D eigenvalue weighted by molar-refractivity contribution is 0.476. The number of halogens is 2. The molecule has 0 unspecified atom stereocenters. The fraction of sp³-hybridized carbons (Fsp3) is 0.136. The number of nitriles is 1. The lowest BCUT2D eigenvalue weighted by Crippen LogP contribution is -2.10. The summed E-state index contributed by atoms with van der Waals surface area (Å²) >= 11 is 12.3. The van der Waals surface area contributed by atoms with Crippen molar-refractivity contribution in [3.63, 3.8) is 0 Å². The summed E-state index contributed by atoms with van der Waals surface area (Å²) in [5, 5.41) is 25.2. The van der Waals surface area contributed by atoms with Crippen LogP contribution in [0.1, 0.15) is 30.0 Å². The molecule has 5 rings (SSSR count). The third-order valence-electron chi connectivity index (χ3n) is 5.23. The molecule has 0 amide bonds. The van der Waals surface area contributed by atoms with Crippen molar-refractivity contribution in [2.24, 2.45) is 0 Å². The van der Waals surface area contributed by atoms with Crippen LogP contribution in [0.2, 0.25) is 10.0 Å². The molecule has 0 saturated heterocycles. The smallest absolute Gasteiger partial charge is 0.251 e. The summed E-state index contributed by atoms with van der Waals surface area (Å²) in [7, 11) is 0. The van der Waals surface area contributed by atoms with Crippen molar-refractivity contribution in [2.45, 2.75) is 18.8 Å². The molecule has 2 aromatic carbocycles. The molecule has 1 fully saturated rings. The van der Waals surface area contributed by atoms with Gasteiger partial charge in [0.2, 0.25) is 0 Å². The summed E-state index contributed by atoms with van der Waals surface area (Å²) in [5.74, 6) is 0.195. The van der Waals surface area contributed by atoms with Crippen molar-refractivity contribution in [1.29, 1.82) is 5.26 Å². The Balaban J connectivity index is 1.83. The van der Waals surface area contributed by atoms with E-state index in [-0.39, 0.29) is 11.3 Å². The van der Waals surface area contributed by atoms with Gasteiger partial charge in [-0.2, -0.15) is 10.4 Å². The van der Waals surface area contributed by atoms with Crippen molar-refractivity contribution in [3.8, 4) is 34.2 Å². The van der Waals surface area contributed by atoms with Crippen LogP contribution in [0.4, 0.5) is 0 Å². The molecule has 2 aromatic heterocycles. The maximum Gasteiger partial charge on any atom is 0.251 e. The molecule has 6 nitrogen and oxygen atoms in total. The van der Waals surface area contributed by atoms with E-state index in [4.69, 9.17) is 33.6 Å². The minimum atomic E-state index is -0.329. The number of nitrogens with one attached hydrogen (secondary N) is 1. The Hall–Kier alpha value is -3.27. The molecule has 1 aliphatic rings. The Labute approximate surface area is 180 Å². The van der Waals surface area contributed by atoms with E-state index in [2.05, 4.69) is 4.98 Å². The fourth-order valence-electron chi connectivity index (χ4n) is 3.65. The first kappa shape index (κ1) is 18.7. The van der Waals surface area contributed by atoms with Crippen LogP contribution in [0.15, 0.2) is 47.3 Å². The molecular weight excluding hydrogens is 423 g/mol. The number of nitrogens with zero attached hydrogens (tertiary/aromatic N) is 3. The molecule has 30 heavy (non-hydrogen) atoms. The average molecular weight is 437 g/mol. The SMILES string of the molecule is N#Cc1ccc(-c2cc(=O)[nH]c3c(-c4ccc(Cl)c(Cl)c4)c(C4CC4)nn23)c(O)c1. The highest BCUT2D eigenvalue weighted by Gasteiger charge is 2.32. The van der Waals surface area contributed by atoms with Gasteiger partial charge in [-0.15, -0.1) is 0 Å². The molecule has 0 aliphatic heterocycles. The number of benzene rings is 2. The van der Waals surface area contributed by atoms with E-state index in [9.17, 15) is 9.90 Å². The van der Waals surface area contributed by atoms with Crippen molar-refractivity contribution in [3.05, 3.63) is 74.1 Å². The number of rotatable bonds is 3. The van der Waals surface area contributed by atoms with Gasteiger partial charge in [-0.25, -0.2) is 4.52 Å². The van der Waals surface area contributed by atoms with E-state index in [0.29, 0.717) is 38.4 Å². The van der Waals surface area contributed by atoms with Crippen LogP contribution < -0.4 is 5.56 Å². The number of aromatic hydroxyl groups is 1. The number of phenolic OH excluding ortho intramolecular Hbond substituents is 1. The number of hydrogen-bond donors (Lipinski definition) is 2. The molecule has 0 radical (unpaired) electrons. The molecule has 0 bridgehead atoms. The Bertz CT molecular complexity index is 1430. The lowest BCUT2D eigenvalue weighted by atomic mass is 10.0. The van der Waals surface area contributed by atoms with E-state index in [0.717, 1.165) is 29.7 Å². The second-order valence-electron chi connectivity index (χ2n) is 7.29. The molecule has 2 N–H and O–H groups in total. The first-order chi connectivity index (χ1) is 14.5. The molecule has 8 heteroatoms. The lowest BCUT2D eigenvalue weighted by Gasteiger charge is -2.08. The summed E-state index contributed by atoms with van der Waals surface area (Å²) in [6.45, 7) is 0. The molecule has 1 aliphatic carbocycles. The predicted molar refractivity (Wildman–Crippen MR) is 115 cm³/mol. The average Bonchev–Trinajstić information content (AvgIpc) is 3.50. The van der Waals surface area contributed by atoms with Gasteiger partial charge in [0.1, 0.15) is 11.4 Å². The van der Waals surface area contributed by atoms with Gasteiger partial charge in [-0.3, -0.25) is 4.79 Å². The number of hydrogen-bond acceptors (Lipinski definition) is 4. The quantitative estimate of drug-likeness (QED) is 0.465. The van der Waals surface area contributed by atoms with E-state index in [1.54, 1.807) is 28.8 Å². The molecule has 2 heterocycles. The third kappa shape index (κ3) is 3.04. The van der Waals surface area contributed by atoms with E-state index >= 15 is 0 Å². The van der Waals surface area contributed by atoms with E-state index < -0.39 is 0 Å². The molecule has 148 valence electrons. The van der Waals surface area contributed by atoms with Gasteiger partial charge in [0.25, 0.3) is 5.56 Å². The zero-order chi connectivity index (χ0) is 21.0. The van der Waals surface area contributed by atoms with Crippen LogP contribution >= 0.6 is 23.2 Å². The number of phenols is 1. The normalized spacial score (nSPS) is 13.5. The van der Waals surface area contributed by atoms with Crippen molar-refractivity contribution in [2.75, 3.05) is 0 Å². The van der Waals surface area contributed by atoms with Gasteiger partial charge in [0.15, 0.2) is 0 Å². The third-order valence-corrected chi connectivity index (χ3v) is 5.96. The monoisotopic (exact) mass is 436 g/mol. The number of H-pyrrole nitrogens is 1. The topological polar surface area (TPSA) is 94.2 Å². The van der Waals surface area contributed by atoms with Crippen molar-refractivity contribution in [1.82, 2.24) is 14.6 Å². The summed E-state index contributed by atoms with van der Waals surface area (Å²) in [4.78, 5) is 15.4. The second kappa shape index (κ2) is 6.91. The molecule has 0 spiro atoms. The Morgan fingerprint density at radius 1 is 1.13 bits per heavy atom. The first-order valence-corrected chi connectivity index (χ1v) is 10.1. The fourth-order valence-corrected chi connectivity index (χ4v) is 3.95. The van der Waals surface area contributed by atoms with Crippen LogP contribution in [-0.2, 0) is 0 Å². The molecular formula is C22H14Cl2N4O2. The maximum absolute atomic E-state index is 12.5. The number of aromatic nitrogens is 3. The minimum Gasteiger partial charge on any atom is -0.507 e. The van der Waals surface area contributed by atoms with Crippen LogP contribution in [-0.4, -0.2) is 19.7 Å². The standard InChI is InChI=1S/C22H14Cl2N4O2/c23-15-6-4-13(8-16(15)24)20-21(12-2-3-12)27-28-17(9-19(30)26-22(20)28)14-5-1-11(10-25)7-18(14)29/h1,4-9,12,29H,2-3H2,(H,26,30). The highest BCUT2D eigenvalue weighted by Crippen LogP contribution is 2.46. The Kier molecular flexibility index (Phi) is 4.31. The summed E-state index contributed by atoms with van der Waals surface area (Å²) in [6, 6.07) is 13.3. The van der Waals surface area contributed by atoms with Crippen LogP contribution in [0, 0.1) is 11.3 Å². The predicted octanol–water partition coefficient (Wildman–Crippen LogP) is 5.12. The van der Waals surface area contributed by atoms with Gasteiger partial charge in [0.05, 0.1) is 33.1 Å². The number of aromatic amines is 1. The van der Waals surface area contributed by atoms with Gasteiger partial charge in [0, 0.05) is 23.1 Å². The van der Waals surface area contributed by atoms with Crippen LogP contribution in [0.5, 0.6) is 5.75 Å². The first-order valence-electron chi connectivity index (χ1n) is 9.31.